The minimum atomic E-state index is -4.22. The number of nitrogens with zero attached hydrogens (tertiary/aromatic N) is 1. The average molecular weight is 297 g/mol. The zero-order chi connectivity index (χ0) is 14.2. The van der Waals surface area contributed by atoms with Crippen LogP contribution in [0, 0.1) is 0 Å². The van der Waals surface area contributed by atoms with Crippen molar-refractivity contribution in [2.75, 3.05) is 18.4 Å². The van der Waals surface area contributed by atoms with E-state index in [1.54, 1.807) is 0 Å². The molecule has 2 aromatic rings. The van der Waals surface area contributed by atoms with E-state index in [-0.39, 0.29) is 4.90 Å². The van der Waals surface area contributed by atoms with E-state index in [9.17, 15) is 8.42 Å². The van der Waals surface area contributed by atoms with E-state index in [2.05, 4.69) is 15.6 Å². The van der Waals surface area contributed by atoms with Crippen LogP contribution in [0.2, 0.25) is 0 Å². The van der Waals surface area contributed by atoms with Gasteiger partial charge in [0.15, 0.2) is 5.58 Å². The van der Waals surface area contributed by atoms with E-state index >= 15 is 0 Å². The number of rotatable bonds is 3. The van der Waals surface area contributed by atoms with E-state index in [4.69, 9.17) is 8.97 Å². The number of fused-ring (bicyclic) bond motifs is 1. The molecular weight excluding hydrogens is 282 g/mol. The van der Waals surface area contributed by atoms with Crippen molar-refractivity contribution < 1.29 is 17.4 Å². The number of hydrogen-bond donors (Lipinski definition) is 3. The zero-order valence-electron chi connectivity index (χ0n) is 10.7. The first-order valence-electron chi connectivity index (χ1n) is 6.38. The molecule has 0 atom stereocenters. The standard InChI is InChI=1S/C12H15N3O4S/c16-20(17,18)9-1-2-11-10(7-9)15-12(19-11)14-8-3-5-13-6-4-8/h1-2,7-8,13H,3-6H2,(H,14,15)(H,16,17,18). The van der Waals surface area contributed by atoms with Crippen LogP contribution in [0.3, 0.4) is 0 Å². The van der Waals surface area contributed by atoms with Crippen LogP contribution in [0.15, 0.2) is 27.5 Å². The van der Waals surface area contributed by atoms with Gasteiger partial charge in [0.05, 0.1) is 4.90 Å². The van der Waals surface area contributed by atoms with Crippen molar-refractivity contribution in [3.05, 3.63) is 18.2 Å². The topological polar surface area (TPSA) is 104 Å². The van der Waals surface area contributed by atoms with Crippen LogP contribution in [-0.2, 0) is 10.1 Å². The minimum Gasteiger partial charge on any atom is -0.424 e. The van der Waals surface area contributed by atoms with Crippen molar-refractivity contribution in [2.24, 2.45) is 0 Å². The molecule has 1 aliphatic heterocycles. The maximum atomic E-state index is 11.1. The summed E-state index contributed by atoms with van der Waals surface area (Å²) in [6.45, 7) is 1.90. The van der Waals surface area contributed by atoms with Gasteiger partial charge in [-0.25, -0.2) is 0 Å². The van der Waals surface area contributed by atoms with Crippen LogP contribution in [0.5, 0.6) is 0 Å². The first kappa shape index (κ1) is 13.3. The van der Waals surface area contributed by atoms with Crippen LogP contribution in [0.1, 0.15) is 12.8 Å². The molecule has 0 aliphatic carbocycles. The monoisotopic (exact) mass is 297 g/mol. The van der Waals surface area contributed by atoms with E-state index < -0.39 is 10.1 Å². The number of aromatic nitrogens is 1. The van der Waals surface area contributed by atoms with Gasteiger partial charge in [0, 0.05) is 6.04 Å². The highest BCUT2D eigenvalue weighted by Gasteiger charge is 2.17. The van der Waals surface area contributed by atoms with E-state index in [1.807, 2.05) is 0 Å². The van der Waals surface area contributed by atoms with Gasteiger partial charge in [-0.05, 0) is 44.1 Å². The first-order chi connectivity index (χ1) is 9.52. The smallest absolute Gasteiger partial charge is 0.295 e. The third-order valence-corrected chi connectivity index (χ3v) is 4.17. The largest absolute Gasteiger partial charge is 0.424 e. The maximum absolute atomic E-state index is 11.1. The van der Waals surface area contributed by atoms with Gasteiger partial charge < -0.3 is 15.1 Å². The van der Waals surface area contributed by atoms with E-state index in [1.165, 1.54) is 18.2 Å². The average Bonchev–Trinajstić information content (AvgIpc) is 2.80. The van der Waals surface area contributed by atoms with Crippen LogP contribution < -0.4 is 10.6 Å². The first-order valence-corrected chi connectivity index (χ1v) is 7.82. The lowest BCUT2D eigenvalue weighted by Gasteiger charge is -2.22. The highest BCUT2D eigenvalue weighted by Crippen LogP contribution is 2.23. The third kappa shape index (κ3) is 2.77. The SMILES string of the molecule is O=S(=O)(O)c1ccc2oc(NC3CCNCC3)nc2c1. The summed E-state index contributed by atoms with van der Waals surface area (Å²) in [6, 6.07) is 4.74. The van der Waals surface area contributed by atoms with Gasteiger partial charge in [-0.2, -0.15) is 13.4 Å². The summed E-state index contributed by atoms with van der Waals surface area (Å²) in [6.07, 6.45) is 1.96. The van der Waals surface area contributed by atoms with Crippen molar-refractivity contribution in [2.45, 2.75) is 23.8 Å². The third-order valence-electron chi connectivity index (χ3n) is 3.32. The minimum absolute atomic E-state index is 0.188. The molecule has 1 aromatic carbocycles. The highest BCUT2D eigenvalue weighted by atomic mass is 32.2. The van der Waals surface area contributed by atoms with Crippen LogP contribution >= 0.6 is 0 Å². The lowest BCUT2D eigenvalue weighted by Crippen LogP contribution is -2.35. The molecule has 7 nitrogen and oxygen atoms in total. The molecule has 2 heterocycles. The molecule has 0 unspecified atom stereocenters. The summed E-state index contributed by atoms with van der Waals surface area (Å²) in [5, 5.41) is 6.46. The molecule has 108 valence electrons. The van der Waals surface area contributed by atoms with Crippen LogP contribution in [0.4, 0.5) is 6.01 Å². The Balaban J connectivity index is 1.86. The maximum Gasteiger partial charge on any atom is 0.295 e. The molecule has 1 fully saturated rings. The van der Waals surface area contributed by atoms with Crippen molar-refractivity contribution >= 4 is 27.2 Å². The fraction of sp³-hybridized carbons (Fsp3) is 0.417. The second-order valence-corrected chi connectivity index (χ2v) is 6.21. The summed E-state index contributed by atoms with van der Waals surface area (Å²) < 4.78 is 36.7. The number of piperidine rings is 1. The van der Waals surface area contributed by atoms with Crippen LogP contribution in [-0.4, -0.2) is 37.1 Å². The molecule has 0 bridgehead atoms. The molecule has 8 heteroatoms. The Morgan fingerprint density at radius 2 is 2.10 bits per heavy atom. The lowest BCUT2D eigenvalue weighted by molar-refractivity contribution is 0.466. The summed E-state index contributed by atoms with van der Waals surface area (Å²) in [5.74, 6) is 0. The van der Waals surface area contributed by atoms with Gasteiger partial charge >= 0.3 is 0 Å². The quantitative estimate of drug-likeness (QED) is 0.732. The zero-order valence-corrected chi connectivity index (χ0v) is 11.5. The Labute approximate surface area is 116 Å². The van der Waals surface area contributed by atoms with Gasteiger partial charge in [0.1, 0.15) is 5.52 Å². The molecule has 0 radical (unpaired) electrons. The Morgan fingerprint density at radius 1 is 1.35 bits per heavy atom. The van der Waals surface area contributed by atoms with Gasteiger partial charge in [0.25, 0.3) is 16.1 Å². The fourth-order valence-electron chi connectivity index (χ4n) is 2.27. The number of nitrogens with one attached hydrogen (secondary N) is 2. The van der Waals surface area contributed by atoms with Gasteiger partial charge in [-0.1, -0.05) is 0 Å². The summed E-state index contributed by atoms with van der Waals surface area (Å²) in [5.41, 5.74) is 0.880. The molecule has 1 saturated heterocycles. The molecule has 1 aliphatic rings. The number of anilines is 1. The van der Waals surface area contributed by atoms with Gasteiger partial charge in [0.2, 0.25) is 0 Å². The van der Waals surface area contributed by atoms with Crippen molar-refractivity contribution in [3.63, 3.8) is 0 Å². The van der Waals surface area contributed by atoms with E-state index in [0.29, 0.717) is 23.2 Å². The van der Waals surface area contributed by atoms with Crippen molar-refractivity contribution in [1.29, 1.82) is 0 Å². The summed E-state index contributed by atoms with van der Waals surface area (Å²) in [4.78, 5) is 4.02. The predicted molar refractivity (Wildman–Crippen MR) is 73.3 cm³/mol. The Morgan fingerprint density at radius 3 is 2.80 bits per heavy atom. The highest BCUT2D eigenvalue weighted by molar-refractivity contribution is 7.85. The molecule has 3 N–H and O–H groups in total. The Hall–Kier alpha value is -1.64. The summed E-state index contributed by atoms with van der Waals surface area (Å²) >= 11 is 0. The normalized spacial score (nSPS) is 17.4. The Kier molecular flexibility index (Phi) is 3.36. The summed E-state index contributed by atoms with van der Waals surface area (Å²) in [7, 11) is -4.22. The molecule has 1 aromatic heterocycles. The second-order valence-electron chi connectivity index (χ2n) is 4.79. The lowest BCUT2D eigenvalue weighted by atomic mass is 10.1. The predicted octanol–water partition coefficient (Wildman–Crippen LogP) is 1.24. The van der Waals surface area contributed by atoms with Crippen molar-refractivity contribution in [1.82, 2.24) is 10.3 Å². The van der Waals surface area contributed by atoms with Gasteiger partial charge in [-0.3, -0.25) is 4.55 Å². The second kappa shape index (κ2) is 5.04. The van der Waals surface area contributed by atoms with Gasteiger partial charge in [-0.15, -0.1) is 0 Å². The number of benzene rings is 1. The number of oxazole rings is 1. The van der Waals surface area contributed by atoms with E-state index in [0.717, 1.165) is 25.9 Å². The molecule has 3 rings (SSSR count). The van der Waals surface area contributed by atoms with Crippen LogP contribution in [0.25, 0.3) is 11.1 Å². The molecule has 20 heavy (non-hydrogen) atoms. The molecule has 0 saturated carbocycles. The number of hydrogen-bond acceptors (Lipinski definition) is 6. The Bertz CT molecular complexity index is 719. The molecule has 0 amide bonds. The molecular formula is C12H15N3O4S. The molecule has 0 spiro atoms. The fourth-order valence-corrected chi connectivity index (χ4v) is 2.77. The van der Waals surface area contributed by atoms with Crippen molar-refractivity contribution in [3.8, 4) is 0 Å².